The van der Waals surface area contributed by atoms with E-state index in [4.69, 9.17) is 14.2 Å². The second kappa shape index (κ2) is 8.35. The lowest BCUT2D eigenvalue weighted by Gasteiger charge is -2.14. The van der Waals surface area contributed by atoms with Crippen molar-refractivity contribution < 1.29 is 14.2 Å². The summed E-state index contributed by atoms with van der Waals surface area (Å²) in [5.74, 6) is 3.31. The molecule has 1 heterocycles. The van der Waals surface area contributed by atoms with Crippen LogP contribution in [0.5, 0.6) is 17.2 Å². The largest absolute Gasteiger partial charge is 0.493 e. The van der Waals surface area contributed by atoms with Crippen LogP contribution in [0.15, 0.2) is 41.6 Å². The summed E-state index contributed by atoms with van der Waals surface area (Å²) in [6.07, 6.45) is 0. The van der Waals surface area contributed by atoms with E-state index in [0.29, 0.717) is 17.2 Å². The Morgan fingerprint density at radius 2 is 1.63 bits per heavy atom. The van der Waals surface area contributed by atoms with Gasteiger partial charge in [-0.25, -0.2) is 0 Å². The van der Waals surface area contributed by atoms with Gasteiger partial charge in [0.05, 0.1) is 21.3 Å². The van der Waals surface area contributed by atoms with Crippen molar-refractivity contribution in [1.29, 1.82) is 0 Å². The van der Waals surface area contributed by atoms with E-state index in [2.05, 4.69) is 35.3 Å². The second-order valence-corrected chi connectivity index (χ2v) is 6.94. The predicted octanol–water partition coefficient (Wildman–Crippen LogP) is 4.11. The molecule has 0 aliphatic rings. The van der Waals surface area contributed by atoms with Crippen LogP contribution < -0.4 is 14.2 Å². The summed E-state index contributed by atoms with van der Waals surface area (Å²) >= 11 is 1.66. The van der Waals surface area contributed by atoms with Crippen LogP contribution in [0, 0.1) is 6.92 Å². The topological polar surface area (TPSA) is 58.4 Å². The molecule has 0 bridgehead atoms. The van der Waals surface area contributed by atoms with Gasteiger partial charge in [0.2, 0.25) is 5.75 Å². The van der Waals surface area contributed by atoms with Crippen molar-refractivity contribution in [1.82, 2.24) is 14.8 Å². The molecule has 7 heteroatoms. The number of methoxy groups -OCH3 is 3. The number of aromatic nitrogens is 3. The summed E-state index contributed by atoms with van der Waals surface area (Å²) in [6.45, 7) is 2.12. The maximum atomic E-state index is 5.44. The molecule has 2 aromatic carbocycles. The van der Waals surface area contributed by atoms with Gasteiger partial charge in [-0.15, -0.1) is 10.2 Å². The first kappa shape index (κ1) is 19.1. The van der Waals surface area contributed by atoms with Gasteiger partial charge in [0.25, 0.3) is 0 Å². The number of benzene rings is 2. The second-order valence-electron chi connectivity index (χ2n) is 5.99. The van der Waals surface area contributed by atoms with Crippen molar-refractivity contribution in [3.63, 3.8) is 0 Å². The van der Waals surface area contributed by atoms with Crippen LogP contribution in [0.25, 0.3) is 11.4 Å². The van der Waals surface area contributed by atoms with Crippen molar-refractivity contribution in [2.45, 2.75) is 17.8 Å². The molecular weight excluding hydrogens is 362 g/mol. The van der Waals surface area contributed by atoms with Crippen molar-refractivity contribution in [3.8, 4) is 28.6 Å². The highest BCUT2D eigenvalue weighted by Crippen LogP contribution is 2.41. The molecule has 142 valence electrons. The summed E-state index contributed by atoms with van der Waals surface area (Å²) < 4.78 is 18.2. The molecule has 0 aliphatic heterocycles. The molecule has 1 aromatic heterocycles. The minimum Gasteiger partial charge on any atom is -0.493 e. The maximum Gasteiger partial charge on any atom is 0.203 e. The summed E-state index contributed by atoms with van der Waals surface area (Å²) in [7, 11) is 6.74. The van der Waals surface area contributed by atoms with Gasteiger partial charge >= 0.3 is 0 Å². The molecule has 6 nitrogen and oxygen atoms in total. The molecule has 0 amide bonds. The smallest absolute Gasteiger partial charge is 0.203 e. The van der Waals surface area contributed by atoms with Gasteiger partial charge in [0.15, 0.2) is 22.5 Å². The average Bonchev–Trinajstić information content (AvgIpc) is 3.06. The molecule has 0 radical (unpaired) electrons. The number of aryl methyl sites for hydroxylation is 1. The highest BCUT2D eigenvalue weighted by atomic mass is 32.2. The SMILES string of the molecule is COc1cc(-c2nnc(SCc3ccccc3C)n2C)cc(OC)c1OC. The minimum atomic E-state index is 0.556. The predicted molar refractivity (Wildman–Crippen MR) is 107 cm³/mol. The summed E-state index contributed by atoms with van der Waals surface area (Å²) in [5, 5.41) is 9.57. The third-order valence-corrected chi connectivity index (χ3v) is 5.44. The van der Waals surface area contributed by atoms with Crippen LogP contribution in [0.3, 0.4) is 0 Å². The van der Waals surface area contributed by atoms with Gasteiger partial charge in [-0.05, 0) is 30.2 Å². The molecular formula is C20H23N3O3S. The lowest BCUT2D eigenvalue weighted by atomic mass is 10.1. The van der Waals surface area contributed by atoms with Crippen LogP contribution >= 0.6 is 11.8 Å². The van der Waals surface area contributed by atoms with Crippen LogP contribution in [-0.2, 0) is 12.8 Å². The minimum absolute atomic E-state index is 0.556. The van der Waals surface area contributed by atoms with E-state index in [9.17, 15) is 0 Å². The standard InChI is InChI=1S/C20H23N3O3S/c1-13-8-6-7-9-14(13)12-27-20-22-21-19(23(20)2)15-10-16(24-3)18(26-5)17(11-15)25-4/h6-11H,12H2,1-5H3. The van der Waals surface area contributed by atoms with E-state index in [1.165, 1.54) is 11.1 Å². The Morgan fingerprint density at radius 1 is 0.963 bits per heavy atom. The number of hydrogen-bond acceptors (Lipinski definition) is 6. The zero-order valence-electron chi connectivity index (χ0n) is 16.1. The summed E-state index contributed by atoms with van der Waals surface area (Å²) in [6, 6.07) is 12.1. The van der Waals surface area contributed by atoms with Crippen LogP contribution in [0.1, 0.15) is 11.1 Å². The van der Waals surface area contributed by atoms with Crippen LogP contribution in [-0.4, -0.2) is 36.1 Å². The lowest BCUT2D eigenvalue weighted by Crippen LogP contribution is -1.99. The monoisotopic (exact) mass is 385 g/mol. The van der Waals surface area contributed by atoms with Crippen molar-refractivity contribution in [2.24, 2.45) is 7.05 Å². The Morgan fingerprint density at radius 3 is 2.22 bits per heavy atom. The molecule has 0 spiro atoms. The lowest BCUT2D eigenvalue weighted by molar-refractivity contribution is 0.324. The Hall–Kier alpha value is -2.67. The van der Waals surface area contributed by atoms with Gasteiger partial charge in [-0.2, -0.15) is 0 Å². The first-order chi connectivity index (χ1) is 13.1. The van der Waals surface area contributed by atoms with Crippen LogP contribution in [0.2, 0.25) is 0 Å². The molecule has 3 aromatic rings. The van der Waals surface area contributed by atoms with Gasteiger partial charge < -0.3 is 18.8 Å². The van der Waals surface area contributed by atoms with E-state index >= 15 is 0 Å². The molecule has 3 rings (SSSR count). The molecule has 0 aliphatic carbocycles. The fourth-order valence-electron chi connectivity index (χ4n) is 2.82. The molecule has 0 saturated carbocycles. The fraction of sp³-hybridized carbons (Fsp3) is 0.300. The first-order valence-corrected chi connectivity index (χ1v) is 9.44. The third-order valence-electron chi connectivity index (χ3n) is 4.38. The highest BCUT2D eigenvalue weighted by Gasteiger charge is 2.18. The van der Waals surface area contributed by atoms with E-state index in [1.807, 2.05) is 29.8 Å². The zero-order chi connectivity index (χ0) is 19.4. The number of hydrogen-bond donors (Lipinski definition) is 0. The third kappa shape index (κ3) is 3.88. The zero-order valence-corrected chi connectivity index (χ0v) is 17.0. The Labute approximate surface area is 163 Å². The van der Waals surface area contributed by atoms with Gasteiger partial charge in [0.1, 0.15) is 0 Å². The number of rotatable bonds is 7. The molecule has 0 saturated heterocycles. The first-order valence-electron chi connectivity index (χ1n) is 8.46. The normalized spacial score (nSPS) is 10.7. The molecule has 0 unspecified atom stereocenters. The summed E-state index contributed by atoms with van der Waals surface area (Å²) in [5.41, 5.74) is 3.42. The number of nitrogens with zero attached hydrogens (tertiary/aromatic N) is 3. The molecule has 0 N–H and O–H groups in total. The molecule has 27 heavy (non-hydrogen) atoms. The summed E-state index contributed by atoms with van der Waals surface area (Å²) in [4.78, 5) is 0. The van der Waals surface area contributed by atoms with Crippen molar-refractivity contribution in [3.05, 3.63) is 47.5 Å². The molecule has 0 atom stereocenters. The van der Waals surface area contributed by atoms with E-state index in [1.54, 1.807) is 33.1 Å². The maximum absolute atomic E-state index is 5.44. The highest BCUT2D eigenvalue weighted by molar-refractivity contribution is 7.98. The average molecular weight is 385 g/mol. The van der Waals surface area contributed by atoms with Gasteiger partial charge in [0, 0.05) is 18.4 Å². The number of ether oxygens (including phenoxy) is 3. The molecule has 0 fully saturated rings. The van der Waals surface area contributed by atoms with Gasteiger partial charge in [-0.1, -0.05) is 36.0 Å². The van der Waals surface area contributed by atoms with Crippen LogP contribution in [0.4, 0.5) is 0 Å². The van der Waals surface area contributed by atoms with E-state index < -0.39 is 0 Å². The van der Waals surface area contributed by atoms with Crippen molar-refractivity contribution >= 4 is 11.8 Å². The Kier molecular flexibility index (Phi) is 5.91. The van der Waals surface area contributed by atoms with Gasteiger partial charge in [-0.3, -0.25) is 0 Å². The van der Waals surface area contributed by atoms with E-state index in [0.717, 1.165) is 22.3 Å². The van der Waals surface area contributed by atoms with E-state index in [-0.39, 0.29) is 0 Å². The number of thioether (sulfide) groups is 1. The Bertz CT molecular complexity index is 915. The Balaban J connectivity index is 1.90. The van der Waals surface area contributed by atoms with Crippen molar-refractivity contribution in [2.75, 3.05) is 21.3 Å². The fourth-order valence-corrected chi connectivity index (χ4v) is 3.80. The quantitative estimate of drug-likeness (QED) is 0.571.